The van der Waals surface area contributed by atoms with E-state index in [9.17, 15) is 4.79 Å². The van der Waals surface area contributed by atoms with E-state index < -0.39 is 0 Å². The van der Waals surface area contributed by atoms with Crippen molar-refractivity contribution in [3.05, 3.63) is 70.4 Å². The average molecular weight is 415 g/mol. The van der Waals surface area contributed by atoms with Gasteiger partial charge in [-0.15, -0.1) is 0 Å². The minimum atomic E-state index is -0.245. The molecule has 8 nitrogen and oxygen atoms in total. The molecule has 0 fully saturated rings. The molecule has 1 atom stereocenters. The van der Waals surface area contributed by atoms with Crippen molar-refractivity contribution in [2.45, 2.75) is 26.8 Å². The molecule has 31 heavy (non-hydrogen) atoms. The molecule has 0 radical (unpaired) electrons. The Morgan fingerprint density at radius 2 is 2.03 bits per heavy atom. The Hall–Kier alpha value is -3.94. The van der Waals surface area contributed by atoms with Crippen LogP contribution in [-0.2, 0) is 0 Å². The molecule has 0 saturated heterocycles. The van der Waals surface area contributed by atoms with E-state index in [2.05, 4.69) is 20.1 Å². The number of aromatic amines is 1. The van der Waals surface area contributed by atoms with E-state index in [1.165, 1.54) is 0 Å². The molecule has 0 saturated carbocycles. The van der Waals surface area contributed by atoms with Gasteiger partial charge in [0.25, 0.3) is 0 Å². The van der Waals surface area contributed by atoms with Crippen molar-refractivity contribution in [2.75, 3.05) is 7.11 Å². The zero-order chi connectivity index (χ0) is 21.7. The summed E-state index contributed by atoms with van der Waals surface area (Å²) in [7, 11) is 1.62. The van der Waals surface area contributed by atoms with Crippen molar-refractivity contribution in [3.63, 3.8) is 0 Å². The number of nitrogens with zero attached hydrogens (tertiary/aromatic N) is 4. The molecule has 0 aliphatic carbocycles. The summed E-state index contributed by atoms with van der Waals surface area (Å²) in [5, 5.41) is 4.85. The van der Waals surface area contributed by atoms with Crippen LogP contribution in [0, 0.1) is 13.8 Å². The Morgan fingerprint density at radius 1 is 1.19 bits per heavy atom. The van der Waals surface area contributed by atoms with Crippen molar-refractivity contribution < 1.29 is 9.26 Å². The van der Waals surface area contributed by atoms with Crippen LogP contribution in [0.15, 0.2) is 52.0 Å². The predicted molar refractivity (Wildman–Crippen MR) is 117 cm³/mol. The van der Waals surface area contributed by atoms with E-state index in [1.54, 1.807) is 24.1 Å². The lowest BCUT2D eigenvalue weighted by Crippen LogP contribution is -2.21. The van der Waals surface area contributed by atoms with Gasteiger partial charge >= 0.3 is 5.69 Å². The van der Waals surface area contributed by atoms with Crippen molar-refractivity contribution in [1.29, 1.82) is 0 Å². The van der Waals surface area contributed by atoms with E-state index in [1.807, 2.05) is 51.1 Å². The molecular formula is C23H21N5O3. The molecule has 0 aliphatic rings. The fourth-order valence-corrected chi connectivity index (χ4v) is 4.17. The molecule has 5 rings (SSSR count). The number of aryl methyl sites for hydroxylation is 2. The molecule has 1 aromatic carbocycles. The highest BCUT2D eigenvalue weighted by Gasteiger charge is 2.21. The Morgan fingerprint density at radius 3 is 2.71 bits per heavy atom. The summed E-state index contributed by atoms with van der Waals surface area (Å²) < 4.78 is 12.7. The average Bonchev–Trinajstić information content (AvgIpc) is 3.30. The standard InChI is InChI=1S/C23H21N5O3/c1-12-21(14(3)31-27-12)16-9-18-15(10-20(16)30-4)22-19(11-25-18)28(23(29)26-22)13(2)17-7-5-6-8-24-17/h5-11,13H,1-4H3,(H,26,29)/t13-/m1/s1. The first-order chi connectivity index (χ1) is 15.0. The third kappa shape index (κ3) is 2.91. The van der Waals surface area contributed by atoms with Crippen molar-refractivity contribution >= 4 is 21.9 Å². The van der Waals surface area contributed by atoms with Gasteiger partial charge in [0.2, 0.25) is 0 Å². The van der Waals surface area contributed by atoms with Gasteiger partial charge < -0.3 is 14.2 Å². The van der Waals surface area contributed by atoms with Crippen LogP contribution in [-0.4, -0.2) is 31.8 Å². The largest absolute Gasteiger partial charge is 0.496 e. The molecule has 4 heterocycles. The van der Waals surface area contributed by atoms with Gasteiger partial charge in [0.15, 0.2) is 0 Å². The number of imidazole rings is 1. The minimum Gasteiger partial charge on any atom is -0.496 e. The zero-order valence-electron chi connectivity index (χ0n) is 17.6. The van der Waals surface area contributed by atoms with Gasteiger partial charge in [-0.3, -0.25) is 14.5 Å². The Balaban J connectivity index is 1.76. The summed E-state index contributed by atoms with van der Waals surface area (Å²) in [6.07, 6.45) is 3.44. The number of nitrogens with one attached hydrogen (secondary N) is 1. The molecule has 0 bridgehead atoms. The number of pyridine rings is 2. The number of fused-ring (bicyclic) bond motifs is 3. The van der Waals surface area contributed by atoms with Gasteiger partial charge in [0.05, 0.1) is 52.8 Å². The van der Waals surface area contributed by atoms with E-state index in [0.29, 0.717) is 22.5 Å². The van der Waals surface area contributed by atoms with Crippen LogP contribution in [0.5, 0.6) is 5.75 Å². The van der Waals surface area contributed by atoms with Crippen LogP contribution in [0.2, 0.25) is 0 Å². The van der Waals surface area contributed by atoms with Crippen LogP contribution >= 0.6 is 0 Å². The quantitative estimate of drug-likeness (QED) is 0.473. The van der Waals surface area contributed by atoms with Gasteiger partial charge in [-0.25, -0.2) is 4.79 Å². The highest BCUT2D eigenvalue weighted by Crippen LogP contribution is 2.38. The van der Waals surface area contributed by atoms with Crippen LogP contribution in [0.25, 0.3) is 33.1 Å². The van der Waals surface area contributed by atoms with Crippen LogP contribution in [0.3, 0.4) is 0 Å². The maximum absolute atomic E-state index is 12.9. The summed E-state index contributed by atoms with van der Waals surface area (Å²) in [6, 6.07) is 9.27. The second-order valence-electron chi connectivity index (χ2n) is 7.52. The lowest BCUT2D eigenvalue weighted by molar-refractivity contribution is 0.393. The molecule has 0 amide bonds. The summed E-state index contributed by atoms with van der Waals surface area (Å²) in [5.41, 5.74) is 5.26. The van der Waals surface area contributed by atoms with Crippen LogP contribution < -0.4 is 10.4 Å². The topological polar surface area (TPSA) is 98.8 Å². The third-order valence-corrected chi connectivity index (χ3v) is 5.69. The highest BCUT2D eigenvalue weighted by atomic mass is 16.5. The fraction of sp³-hybridized carbons (Fsp3) is 0.217. The van der Waals surface area contributed by atoms with Gasteiger partial charge in [-0.1, -0.05) is 11.2 Å². The summed E-state index contributed by atoms with van der Waals surface area (Å²) >= 11 is 0. The number of ether oxygens (including phenoxy) is 1. The first-order valence-corrected chi connectivity index (χ1v) is 9.94. The van der Waals surface area contributed by atoms with Gasteiger partial charge in [0.1, 0.15) is 11.5 Å². The van der Waals surface area contributed by atoms with Crippen molar-refractivity contribution in [1.82, 2.24) is 24.7 Å². The second kappa shape index (κ2) is 7.09. The highest BCUT2D eigenvalue weighted by molar-refractivity contribution is 6.04. The molecule has 4 aromatic heterocycles. The fourth-order valence-electron chi connectivity index (χ4n) is 4.17. The number of hydrogen-bond donors (Lipinski definition) is 1. The molecule has 156 valence electrons. The number of H-pyrrole nitrogens is 1. The lowest BCUT2D eigenvalue weighted by atomic mass is 10.0. The molecule has 1 N–H and O–H groups in total. The normalized spacial score (nSPS) is 12.5. The summed E-state index contributed by atoms with van der Waals surface area (Å²) in [5.74, 6) is 1.36. The number of hydrogen-bond acceptors (Lipinski definition) is 6. The molecule has 0 spiro atoms. The van der Waals surface area contributed by atoms with E-state index >= 15 is 0 Å². The lowest BCUT2D eigenvalue weighted by Gasteiger charge is -2.13. The number of rotatable bonds is 4. The summed E-state index contributed by atoms with van der Waals surface area (Å²) in [6.45, 7) is 5.71. The zero-order valence-corrected chi connectivity index (χ0v) is 17.6. The SMILES string of the molecule is COc1cc2c(cc1-c1c(C)noc1C)ncc1c2[nH]c(=O)n1[C@H](C)c1ccccn1. The smallest absolute Gasteiger partial charge is 0.327 e. The van der Waals surface area contributed by atoms with Crippen LogP contribution in [0.1, 0.15) is 30.1 Å². The molecule has 0 unspecified atom stereocenters. The first kappa shape index (κ1) is 19.0. The Bertz CT molecular complexity index is 1460. The Kier molecular flexibility index (Phi) is 4.35. The number of methoxy groups -OCH3 is 1. The molecule has 8 heteroatoms. The van der Waals surface area contributed by atoms with Gasteiger partial charge in [-0.2, -0.15) is 0 Å². The van der Waals surface area contributed by atoms with Gasteiger partial charge in [-0.05, 0) is 45.0 Å². The predicted octanol–water partition coefficient (Wildman–Crippen LogP) is 4.16. The van der Waals surface area contributed by atoms with Gasteiger partial charge in [0, 0.05) is 17.1 Å². The van der Waals surface area contributed by atoms with E-state index in [0.717, 1.165) is 33.4 Å². The van der Waals surface area contributed by atoms with E-state index in [4.69, 9.17) is 9.26 Å². The van der Waals surface area contributed by atoms with E-state index in [-0.39, 0.29) is 11.7 Å². The maximum Gasteiger partial charge on any atom is 0.327 e. The monoisotopic (exact) mass is 415 g/mol. The molecule has 0 aliphatic heterocycles. The van der Waals surface area contributed by atoms with Crippen molar-refractivity contribution in [2.24, 2.45) is 0 Å². The summed E-state index contributed by atoms with van der Waals surface area (Å²) in [4.78, 5) is 25.0. The number of aromatic nitrogens is 5. The minimum absolute atomic E-state index is 0.212. The third-order valence-electron chi connectivity index (χ3n) is 5.69. The molecular weight excluding hydrogens is 394 g/mol. The molecule has 5 aromatic rings. The van der Waals surface area contributed by atoms with Crippen molar-refractivity contribution in [3.8, 4) is 16.9 Å². The maximum atomic E-state index is 12.9. The Labute approximate surface area is 177 Å². The number of benzene rings is 1. The second-order valence-corrected chi connectivity index (χ2v) is 7.52. The first-order valence-electron chi connectivity index (χ1n) is 9.94. The van der Waals surface area contributed by atoms with Crippen LogP contribution in [0.4, 0.5) is 0 Å².